The van der Waals surface area contributed by atoms with Crippen LogP contribution in [0.1, 0.15) is 26.7 Å². The number of rotatable bonds is 5. The van der Waals surface area contributed by atoms with Crippen molar-refractivity contribution >= 4 is 5.91 Å². The third-order valence-electron chi connectivity index (χ3n) is 1.67. The second-order valence-corrected chi connectivity index (χ2v) is 2.83. The molecular weight excluding hydrogens is 154 g/mol. The summed E-state index contributed by atoms with van der Waals surface area (Å²) in [5.74, 6) is -0.00329. The largest absolute Gasteiger partial charge is 0.396 e. The quantitative estimate of drug-likeness (QED) is 0.602. The van der Waals surface area contributed by atoms with Crippen molar-refractivity contribution in [3.63, 3.8) is 0 Å². The lowest BCUT2D eigenvalue weighted by Gasteiger charge is -2.16. The minimum Gasteiger partial charge on any atom is -0.396 e. The van der Waals surface area contributed by atoms with Crippen molar-refractivity contribution in [2.24, 2.45) is 0 Å². The van der Waals surface area contributed by atoms with Crippen LogP contribution in [0.25, 0.3) is 0 Å². The fraction of sp³-hybridized carbons (Fsp3) is 0.667. The van der Waals surface area contributed by atoms with Gasteiger partial charge in [-0.3, -0.25) is 4.79 Å². The summed E-state index contributed by atoms with van der Waals surface area (Å²) in [6, 6.07) is -0.0811. The molecule has 0 heterocycles. The smallest absolute Gasteiger partial charge is 0.220 e. The Balaban J connectivity index is 3.95. The number of carbonyl (C=O) groups is 1. The van der Waals surface area contributed by atoms with Crippen molar-refractivity contribution < 1.29 is 9.90 Å². The average Bonchev–Trinajstić information content (AvgIpc) is 2.03. The summed E-state index contributed by atoms with van der Waals surface area (Å²) in [5.41, 5.74) is 0.880. The molecule has 0 aromatic heterocycles. The minimum absolute atomic E-state index is 0.00329. The van der Waals surface area contributed by atoms with Gasteiger partial charge < -0.3 is 10.4 Å². The first-order valence-corrected chi connectivity index (χ1v) is 4.17. The molecule has 0 saturated carbocycles. The van der Waals surface area contributed by atoms with Crippen LogP contribution < -0.4 is 5.32 Å². The Morgan fingerprint density at radius 2 is 2.25 bits per heavy atom. The van der Waals surface area contributed by atoms with E-state index in [0.29, 0.717) is 12.8 Å². The summed E-state index contributed by atoms with van der Waals surface area (Å²) in [5, 5.41) is 11.4. The van der Waals surface area contributed by atoms with E-state index in [0.717, 1.165) is 5.57 Å². The van der Waals surface area contributed by atoms with Crippen LogP contribution in [0.15, 0.2) is 12.2 Å². The van der Waals surface area contributed by atoms with Crippen LogP contribution in [-0.4, -0.2) is 23.7 Å². The van der Waals surface area contributed by atoms with E-state index in [1.54, 1.807) is 6.92 Å². The van der Waals surface area contributed by atoms with Crippen molar-refractivity contribution in [1.29, 1.82) is 0 Å². The highest BCUT2D eigenvalue weighted by molar-refractivity contribution is 5.76. The van der Waals surface area contributed by atoms with E-state index in [1.807, 2.05) is 6.92 Å². The average molecular weight is 171 g/mol. The van der Waals surface area contributed by atoms with Gasteiger partial charge >= 0.3 is 0 Å². The molecular formula is C9H17NO2. The summed E-state index contributed by atoms with van der Waals surface area (Å²) in [6.07, 6.45) is 1.01. The second kappa shape index (κ2) is 5.77. The first-order valence-electron chi connectivity index (χ1n) is 4.17. The third-order valence-corrected chi connectivity index (χ3v) is 1.67. The van der Waals surface area contributed by atoms with Crippen LogP contribution in [0.5, 0.6) is 0 Å². The van der Waals surface area contributed by atoms with E-state index in [2.05, 4.69) is 11.9 Å². The van der Waals surface area contributed by atoms with E-state index in [-0.39, 0.29) is 18.6 Å². The van der Waals surface area contributed by atoms with Gasteiger partial charge in [-0.15, -0.1) is 0 Å². The molecule has 0 bridgehead atoms. The highest BCUT2D eigenvalue weighted by Gasteiger charge is 2.10. The van der Waals surface area contributed by atoms with Crippen LogP contribution in [0.2, 0.25) is 0 Å². The predicted molar refractivity (Wildman–Crippen MR) is 48.7 cm³/mol. The molecule has 1 unspecified atom stereocenters. The normalized spacial score (nSPS) is 12.2. The van der Waals surface area contributed by atoms with Gasteiger partial charge in [0.05, 0.1) is 6.04 Å². The SMILES string of the molecule is C=C(C)C(CCO)NC(=O)CC. The van der Waals surface area contributed by atoms with Crippen molar-refractivity contribution in [1.82, 2.24) is 5.32 Å². The molecule has 0 aliphatic rings. The van der Waals surface area contributed by atoms with E-state index in [1.165, 1.54) is 0 Å². The van der Waals surface area contributed by atoms with Gasteiger partial charge in [-0.2, -0.15) is 0 Å². The van der Waals surface area contributed by atoms with Crippen LogP contribution in [0.3, 0.4) is 0 Å². The maximum Gasteiger partial charge on any atom is 0.220 e. The molecule has 0 radical (unpaired) electrons. The van der Waals surface area contributed by atoms with Crippen LogP contribution in [-0.2, 0) is 4.79 Å². The molecule has 0 rings (SSSR count). The Morgan fingerprint density at radius 1 is 1.67 bits per heavy atom. The van der Waals surface area contributed by atoms with Gasteiger partial charge in [0.2, 0.25) is 5.91 Å². The molecule has 0 fully saturated rings. The minimum atomic E-state index is -0.0811. The molecule has 3 heteroatoms. The van der Waals surface area contributed by atoms with Gasteiger partial charge in [0.1, 0.15) is 0 Å². The third kappa shape index (κ3) is 4.13. The summed E-state index contributed by atoms with van der Waals surface area (Å²) in [7, 11) is 0. The van der Waals surface area contributed by atoms with Gasteiger partial charge in [-0.25, -0.2) is 0 Å². The van der Waals surface area contributed by atoms with Crippen LogP contribution >= 0.6 is 0 Å². The fourth-order valence-electron chi connectivity index (χ4n) is 0.867. The molecule has 70 valence electrons. The van der Waals surface area contributed by atoms with Crippen molar-refractivity contribution in [2.75, 3.05) is 6.61 Å². The second-order valence-electron chi connectivity index (χ2n) is 2.83. The van der Waals surface area contributed by atoms with Crippen LogP contribution in [0.4, 0.5) is 0 Å². The molecule has 0 aliphatic carbocycles. The van der Waals surface area contributed by atoms with E-state index in [9.17, 15) is 4.79 Å². The Bertz CT molecular complexity index is 164. The number of hydrogen-bond acceptors (Lipinski definition) is 2. The Hall–Kier alpha value is -0.830. The van der Waals surface area contributed by atoms with Crippen molar-refractivity contribution in [3.8, 4) is 0 Å². The molecule has 0 aromatic rings. The Morgan fingerprint density at radius 3 is 2.58 bits per heavy atom. The maximum absolute atomic E-state index is 11.0. The van der Waals surface area contributed by atoms with Gasteiger partial charge in [0.25, 0.3) is 0 Å². The first kappa shape index (κ1) is 11.2. The lowest BCUT2D eigenvalue weighted by molar-refractivity contribution is -0.121. The summed E-state index contributed by atoms with van der Waals surface area (Å²) >= 11 is 0. The molecule has 3 nitrogen and oxygen atoms in total. The Labute approximate surface area is 73.5 Å². The molecule has 0 saturated heterocycles. The molecule has 12 heavy (non-hydrogen) atoms. The zero-order valence-corrected chi connectivity index (χ0v) is 7.76. The number of amides is 1. The van der Waals surface area contributed by atoms with E-state index >= 15 is 0 Å². The van der Waals surface area contributed by atoms with Crippen molar-refractivity contribution in [2.45, 2.75) is 32.7 Å². The van der Waals surface area contributed by atoms with E-state index < -0.39 is 0 Å². The highest BCUT2D eigenvalue weighted by Crippen LogP contribution is 2.02. The number of carbonyl (C=O) groups excluding carboxylic acids is 1. The highest BCUT2D eigenvalue weighted by atomic mass is 16.3. The number of aliphatic hydroxyl groups is 1. The van der Waals surface area contributed by atoms with Crippen LogP contribution in [0, 0.1) is 0 Å². The maximum atomic E-state index is 11.0. The molecule has 1 amide bonds. The first-order chi connectivity index (χ1) is 5.61. The van der Waals surface area contributed by atoms with Gasteiger partial charge in [-0.05, 0) is 13.3 Å². The standard InChI is InChI=1S/C9H17NO2/c1-4-9(12)10-8(5-6-11)7(2)3/h8,11H,2,4-6H2,1,3H3,(H,10,12). The van der Waals surface area contributed by atoms with Gasteiger partial charge in [0, 0.05) is 13.0 Å². The monoisotopic (exact) mass is 171 g/mol. The summed E-state index contributed by atoms with van der Waals surface area (Å²) in [6.45, 7) is 7.45. The number of nitrogens with one attached hydrogen (secondary N) is 1. The Kier molecular flexibility index (Phi) is 5.37. The lowest BCUT2D eigenvalue weighted by Crippen LogP contribution is -2.35. The molecule has 0 spiro atoms. The molecule has 0 aliphatic heterocycles. The fourth-order valence-corrected chi connectivity index (χ4v) is 0.867. The van der Waals surface area contributed by atoms with Gasteiger partial charge in [-0.1, -0.05) is 19.1 Å². The lowest BCUT2D eigenvalue weighted by atomic mass is 10.1. The molecule has 2 N–H and O–H groups in total. The zero-order valence-electron chi connectivity index (χ0n) is 7.76. The van der Waals surface area contributed by atoms with Crippen molar-refractivity contribution in [3.05, 3.63) is 12.2 Å². The molecule has 1 atom stereocenters. The van der Waals surface area contributed by atoms with Gasteiger partial charge in [0.15, 0.2) is 0 Å². The predicted octanol–water partition coefficient (Wildman–Crippen LogP) is 0.840. The molecule has 0 aromatic carbocycles. The topological polar surface area (TPSA) is 49.3 Å². The number of aliphatic hydroxyl groups excluding tert-OH is 1. The number of hydrogen-bond donors (Lipinski definition) is 2. The summed E-state index contributed by atoms with van der Waals surface area (Å²) in [4.78, 5) is 11.0. The van der Waals surface area contributed by atoms with E-state index in [4.69, 9.17) is 5.11 Å². The summed E-state index contributed by atoms with van der Waals surface area (Å²) < 4.78 is 0. The zero-order chi connectivity index (χ0) is 9.56.